The number of benzene rings is 2. The number of hydrogen-bond donors (Lipinski definition) is 1. The summed E-state index contributed by atoms with van der Waals surface area (Å²) in [6.45, 7) is 6.30. The molecular weight excluding hydrogens is 356 g/mol. The van der Waals surface area contributed by atoms with E-state index >= 15 is 0 Å². The van der Waals surface area contributed by atoms with Crippen LogP contribution in [0, 0.1) is 5.92 Å². The molecule has 3 rings (SSSR count). The van der Waals surface area contributed by atoms with E-state index in [1.165, 1.54) is 0 Å². The van der Waals surface area contributed by atoms with E-state index in [1.807, 2.05) is 50.2 Å². The molecule has 148 valence electrons. The lowest BCUT2D eigenvalue weighted by Crippen LogP contribution is -2.37. The molecule has 2 amide bonds. The Morgan fingerprint density at radius 2 is 2.07 bits per heavy atom. The molecule has 1 aliphatic rings. The Balaban J connectivity index is 1.85. The Hall–Kier alpha value is -3.02. The average Bonchev–Trinajstić information content (AvgIpc) is 2.79. The van der Waals surface area contributed by atoms with E-state index in [9.17, 15) is 9.59 Å². The molecule has 0 bridgehead atoms. The summed E-state index contributed by atoms with van der Waals surface area (Å²) in [7, 11) is 1.62. The highest BCUT2D eigenvalue weighted by Crippen LogP contribution is 2.30. The number of nitrogens with one attached hydrogen (secondary N) is 1. The van der Waals surface area contributed by atoms with Gasteiger partial charge < -0.3 is 19.7 Å². The Bertz CT molecular complexity index is 879. The van der Waals surface area contributed by atoms with Crippen molar-refractivity contribution in [1.29, 1.82) is 0 Å². The molecule has 28 heavy (non-hydrogen) atoms. The number of ether oxygens (including phenoxy) is 2. The first-order chi connectivity index (χ1) is 13.4. The van der Waals surface area contributed by atoms with Crippen LogP contribution in [0.3, 0.4) is 0 Å². The van der Waals surface area contributed by atoms with Crippen molar-refractivity contribution in [3.63, 3.8) is 0 Å². The maximum atomic E-state index is 12.8. The quantitative estimate of drug-likeness (QED) is 0.858. The van der Waals surface area contributed by atoms with Crippen molar-refractivity contribution in [2.24, 2.45) is 5.92 Å². The van der Waals surface area contributed by atoms with Crippen molar-refractivity contribution >= 4 is 17.5 Å². The molecular formula is C22H26N2O4. The van der Waals surface area contributed by atoms with Gasteiger partial charge in [0.25, 0.3) is 5.91 Å². The summed E-state index contributed by atoms with van der Waals surface area (Å²) in [5.74, 6) is 1.18. The largest absolute Gasteiger partial charge is 0.497 e. The number of carbonyl (C=O) groups is 2. The fourth-order valence-electron chi connectivity index (χ4n) is 3.09. The maximum Gasteiger partial charge on any atom is 0.263 e. The third kappa shape index (κ3) is 4.44. The molecule has 1 N–H and O–H groups in total. The minimum absolute atomic E-state index is 0.0489. The average molecular weight is 382 g/mol. The molecule has 0 spiro atoms. The first-order valence-electron chi connectivity index (χ1n) is 9.39. The second-order valence-corrected chi connectivity index (χ2v) is 7.27. The minimum Gasteiger partial charge on any atom is -0.497 e. The fraction of sp³-hybridized carbons (Fsp3) is 0.364. The van der Waals surface area contributed by atoms with Gasteiger partial charge in [-0.2, -0.15) is 0 Å². The predicted molar refractivity (Wildman–Crippen MR) is 107 cm³/mol. The van der Waals surface area contributed by atoms with Crippen LogP contribution in [0.5, 0.6) is 11.5 Å². The summed E-state index contributed by atoms with van der Waals surface area (Å²) in [5.41, 5.74) is 2.54. The number of methoxy groups -OCH3 is 1. The fourth-order valence-corrected chi connectivity index (χ4v) is 3.09. The van der Waals surface area contributed by atoms with Gasteiger partial charge in [-0.15, -0.1) is 0 Å². The lowest BCUT2D eigenvalue weighted by molar-refractivity contribution is -0.138. The molecule has 1 aliphatic heterocycles. The molecule has 2 aromatic carbocycles. The maximum absolute atomic E-state index is 12.8. The van der Waals surface area contributed by atoms with Gasteiger partial charge in [-0.3, -0.25) is 9.59 Å². The number of carbonyl (C=O) groups excluding carboxylic acids is 2. The molecule has 1 heterocycles. The van der Waals surface area contributed by atoms with E-state index in [1.54, 1.807) is 25.0 Å². The van der Waals surface area contributed by atoms with Gasteiger partial charge in [-0.1, -0.05) is 26.0 Å². The van der Waals surface area contributed by atoms with Crippen LogP contribution in [-0.2, 0) is 22.7 Å². The van der Waals surface area contributed by atoms with Crippen LogP contribution in [0.2, 0.25) is 0 Å². The standard InChI is InChI=1S/C22H26N2O4/c1-14(2)21(25)23-18-8-9-20-17(11-18)13-24(22(26)15(3)28-20)12-16-6-5-7-19(10-16)27-4/h5-11,14-15H,12-13H2,1-4H3,(H,23,25)/t15-/m0/s1. The Labute approximate surface area is 165 Å². The lowest BCUT2D eigenvalue weighted by Gasteiger charge is -2.22. The normalized spacial score (nSPS) is 16.2. The number of fused-ring (bicyclic) bond motifs is 1. The molecule has 6 nitrogen and oxygen atoms in total. The predicted octanol–water partition coefficient (Wildman–Crippen LogP) is 3.60. The minimum atomic E-state index is -0.581. The van der Waals surface area contributed by atoms with Gasteiger partial charge in [-0.25, -0.2) is 0 Å². The monoisotopic (exact) mass is 382 g/mol. The summed E-state index contributed by atoms with van der Waals surface area (Å²) in [6.07, 6.45) is -0.581. The second kappa shape index (κ2) is 8.33. The summed E-state index contributed by atoms with van der Waals surface area (Å²) in [5, 5.41) is 2.90. The molecule has 0 fully saturated rings. The molecule has 0 radical (unpaired) electrons. The topological polar surface area (TPSA) is 67.9 Å². The van der Waals surface area contributed by atoms with Crippen LogP contribution in [0.15, 0.2) is 42.5 Å². The van der Waals surface area contributed by atoms with Gasteiger partial charge in [0.15, 0.2) is 6.10 Å². The van der Waals surface area contributed by atoms with Crippen molar-refractivity contribution in [2.75, 3.05) is 12.4 Å². The van der Waals surface area contributed by atoms with Crippen LogP contribution >= 0.6 is 0 Å². The SMILES string of the molecule is COc1cccc(CN2Cc3cc(NC(=O)C(C)C)ccc3O[C@@H](C)C2=O)c1. The molecule has 6 heteroatoms. The Morgan fingerprint density at radius 1 is 1.29 bits per heavy atom. The molecule has 2 aromatic rings. The number of anilines is 1. The molecule has 0 saturated carbocycles. The van der Waals surface area contributed by atoms with E-state index in [-0.39, 0.29) is 17.7 Å². The third-order valence-corrected chi connectivity index (χ3v) is 4.68. The van der Waals surface area contributed by atoms with Crippen molar-refractivity contribution in [2.45, 2.75) is 40.0 Å². The molecule has 0 saturated heterocycles. The third-order valence-electron chi connectivity index (χ3n) is 4.68. The Morgan fingerprint density at radius 3 is 2.79 bits per heavy atom. The summed E-state index contributed by atoms with van der Waals surface area (Å²) < 4.78 is 11.1. The smallest absolute Gasteiger partial charge is 0.263 e. The van der Waals surface area contributed by atoms with E-state index in [4.69, 9.17) is 9.47 Å². The first-order valence-corrected chi connectivity index (χ1v) is 9.39. The highest BCUT2D eigenvalue weighted by molar-refractivity contribution is 5.92. The number of hydrogen-bond acceptors (Lipinski definition) is 4. The van der Waals surface area contributed by atoms with E-state index < -0.39 is 6.10 Å². The first kappa shape index (κ1) is 19.7. The highest BCUT2D eigenvalue weighted by atomic mass is 16.5. The van der Waals surface area contributed by atoms with Crippen molar-refractivity contribution < 1.29 is 19.1 Å². The van der Waals surface area contributed by atoms with Gasteiger partial charge in [0.1, 0.15) is 11.5 Å². The summed E-state index contributed by atoms with van der Waals surface area (Å²) >= 11 is 0. The van der Waals surface area contributed by atoms with E-state index in [0.717, 1.165) is 16.9 Å². The second-order valence-electron chi connectivity index (χ2n) is 7.27. The summed E-state index contributed by atoms with van der Waals surface area (Å²) in [4.78, 5) is 26.6. The van der Waals surface area contributed by atoms with Crippen molar-refractivity contribution in [3.8, 4) is 11.5 Å². The van der Waals surface area contributed by atoms with Gasteiger partial charge in [0.2, 0.25) is 5.91 Å². The number of nitrogens with zero attached hydrogens (tertiary/aromatic N) is 1. The van der Waals surface area contributed by atoms with Crippen LogP contribution in [0.25, 0.3) is 0 Å². The van der Waals surface area contributed by atoms with Crippen molar-refractivity contribution in [1.82, 2.24) is 4.90 Å². The van der Waals surface area contributed by atoms with Gasteiger partial charge in [-0.05, 0) is 42.8 Å². The number of amides is 2. The molecule has 1 atom stereocenters. The van der Waals surface area contributed by atoms with Gasteiger partial charge in [0.05, 0.1) is 7.11 Å². The molecule has 0 aromatic heterocycles. The van der Waals surface area contributed by atoms with Gasteiger partial charge in [0, 0.05) is 30.3 Å². The van der Waals surface area contributed by atoms with Crippen LogP contribution < -0.4 is 14.8 Å². The van der Waals surface area contributed by atoms with Crippen LogP contribution in [-0.4, -0.2) is 29.9 Å². The number of rotatable bonds is 5. The molecule has 0 aliphatic carbocycles. The lowest BCUT2D eigenvalue weighted by atomic mass is 10.1. The zero-order chi connectivity index (χ0) is 20.3. The van der Waals surface area contributed by atoms with E-state index in [2.05, 4.69) is 5.32 Å². The molecule has 0 unspecified atom stereocenters. The zero-order valence-electron chi connectivity index (χ0n) is 16.7. The van der Waals surface area contributed by atoms with Crippen LogP contribution in [0.1, 0.15) is 31.9 Å². The van der Waals surface area contributed by atoms with Gasteiger partial charge >= 0.3 is 0 Å². The van der Waals surface area contributed by atoms with Crippen molar-refractivity contribution in [3.05, 3.63) is 53.6 Å². The highest BCUT2D eigenvalue weighted by Gasteiger charge is 2.28. The van der Waals surface area contributed by atoms with E-state index in [0.29, 0.717) is 24.5 Å². The van der Waals surface area contributed by atoms with Crippen LogP contribution in [0.4, 0.5) is 5.69 Å². The summed E-state index contributed by atoms with van der Waals surface area (Å²) in [6, 6.07) is 13.1. The Kier molecular flexibility index (Phi) is 5.87. The zero-order valence-corrected chi connectivity index (χ0v) is 16.7.